The number of non-ortho nitro benzene ring substituents is 1. The fraction of sp³-hybridized carbons (Fsp3) is 0. The highest BCUT2D eigenvalue weighted by atomic mass is 32.1. The second-order valence-corrected chi connectivity index (χ2v) is 5.14. The third kappa shape index (κ3) is 2.17. The second-order valence-electron chi connectivity index (χ2n) is 4.13. The smallest absolute Gasteiger partial charge is 0.270 e. The third-order valence-electron chi connectivity index (χ3n) is 2.82. The van der Waals surface area contributed by atoms with E-state index in [1.165, 1.54) is 12.1 Å². The molecule has 0 aliphatic rings. The van der Waals surface area contributed by atoms with E-state index < -0.39 is 4.92 Å². The molecule has 1 heterocycles. The first kappa shape index (κ1) is 12.4. The normalized spacial score (nSPS) is 10.6. The van der Waals surface area contributed by atoms with Crippen LogP contribution in [0.25, 0.3) is 21.5 Å². The van der Waals surface area contributed by atoms with Crippen LogP contribution in [0, 0.1) is 10.1 Å². The van der Waals surface area contributed by atoms with Gasteiger partial charge in [-0.25, -0.2) is 4.98 Å². The van der Waals surface area contributed by atoms with Crippen molar-refractivity contribution in [2.75, 3.05) is 0 Å². The van der Waals surface area contributed by atoms with Crippen molar-refractivity contribution in [3.63, 3.8) is 0 Å². The fourth-order valence-corrected chi connectivity index (χ4v) is 2.72. The molecule has 0 aliphatic heterocycles. The number of nitro groups is 1. The van der Waals surface area contributed by atoms with Gasteiger partial charge in [-0.1, -0.05) is 35.6 Å². The number of hydrogen-bond acceptors (Lipinski definition) is 5. The summed E-state index contributed by atoms with van der Waals surface area (Å²) in [6.07, 6.45) is 0. The highest BCUT2D eigenvalue weighted by Crippen LogP contribution is 2.23. The summed E-state index contributed by atoms with van der Waals surface area (Å²) in [4.78, 5) is 26.7. The summed E-state index contributed by atoms with van der Waals surface area (Å²) in [6.45, 7) is 0. The molecule has 0 saturated heterocycles. The second kappa shape index (κ2) is 4.82. The van der Waals surface area contributed by atoms with E-state index in [-0.39, 0.29) is 16.1 Å². The van der Waals surface area contributed by atoms with Gasteiger partial charge in [0.15, 0.2) is 0 Å². The Morgan fingerprint density at radius 3 is 2.70 bits per heavy atom. The summed E-state index contributed by atoms with van der Waals surface area (Å²) in [5, 5.41) is 10.8. The van der Waals surface area contributed by atoms with Gasteiger partial charge < -0.3 is 0 Å². The lowest BCUT2D eigenvalue weighted by Gasteiger charge is -2.01. The lowest BCUT2D eigenvalue weighted by Crippen LogP contribution is -2.03. The van der Waals surface area contributed by atoms with Crippen LogP contribution in [0.5, 0.6) is 0 Å². The summed E-state index contributed by atoms with van der Waals surface area (Å²) in [5.74, 6) is 0. The molecule has 0 radical (unpaired) electrons. The molecule has 5 nitrogen and oxygen atoms in total. The molecule has 20 heavy (non-hydrogen) atoms. The van der Waals surface area contributed by atoms with Crippen LogP contribution >= 0.6 is 11.3 Å². The molecule has 3 rings (SSSR count). The average molecular weight is 284 g/mol. The number of benzene rings is 2. The molecule has 0 atom stereocenters. The Labute approximate surface area is 117 Å². The van der Waals surface area contributed by atoms with Crippen LogP contribution < -0.4 is 4.74 Å². The van der Waals surface area contributed by atoms with Gasteiger partial charge >= 0.3 is 0 Å². The van der Waals surface area contributed by atoms with Gasteiger partial charge in [-0.3, -0.25) is 14.9 Å². The van der Waals surface area contributed by atoms with E-state index in [9.17, 15) is 14.9 Å². The maximum Gasteiger partial charge on any atom is 0.270 e. The van der Waals surface area contributed by atoms with Crippen LogP contribution in [0.4, 0.5) is 5.69 Å². The van der Waals surface area contributed by atoms with Crippen molar-refractivity contribution in [3.8, 4) is 11.3 Å². The largest absolute Gasteiger partial charge is 0.275 e. The van der Waals surface area contributed by atoms with Crippen LogP contribution in [0.15, 0.2) is 53.3 Å². The van der Waals surface area contributed by atoms with Crippen molar-refractivity contribution in [2.45, 2.75) is 0 Å². The topological polar surface area (TPSA) is 73.1 Å². The van der Waals surface area contributed by atoms with Crippen LogP contribution in [0.2, 0.25) is 0 Å². The predicted molar refractivity (Wildman–Crippen MR) is 78.0 cm³/mol. The molecule has 0 amide bonds. The summed E-state index contributed by atoms with van der Waals surface area (Å²) in [6, 6.07) is 13.3. The van der Waals surface area contributed by atoms with Crippen molar-refractivity contribution in [1.82, 2.24) is 4.98 Å². The zero-order valence-electron chi connectivity index (χ0n) is 10.1. The average Bonchev–Trinajstić information content (AvgIpc) is 2.46. The molecule has 1 aromatic heterocycles. The number of hydrogen-bond donors (Lipinski definition) is 0. The Bertz CT molecular complexity index is 873. The van der Waals surface area contributed by atoms with Crippen molar-refractivity contribution in [3.05, 3.63) is 68.2 Å². The first-order chi connectivity index (χ1) is 9.65. The van der Waals surface area contributed by atoms with E-state index in [0.717, 1.165) is 16.0 Å². The van der Waals surface area contributed by atoms with E-state index in [4.69, 9.17) is 0 Å². The van der Waals surface area contributed by atoms with Crippen molar-refractivity contribution < 1.29 is 4.92 Å². The SMILES string of the molecule is O=c1sc2ccccc2nc1-c1cccc([N+](=O)[O-])c1. The Kier molecular flexibility index (Phi) is 3.00. The maximum absolute atomic E-state index is 12.1. The monoisotopic (exact) mass is 284 g/mol. The third-order valence-corrected chi connectivity index (χ3v) is 3.77. The minimum atomic E-state index is -0.488. The number of nitro benzene ring substituents is 1. The first-order valence-corrected chi connectivity index (χ1v) is 6.61. The number of nitrogens with zero attached hydrogens (tertiary/aromatic N) is 2. The first-order valence-electron chi connectivity index (χ1n) is 5.80. The van der Waals surface area contributed by atoms with E-state index in [1.54, 1.807) is 12.1 Å². The molecule has 0 spiro atoms. The summed E-state index contributed by atoms with van der Waals surface area (Å²) in [7, 11) is 0. The highest BCUT2D eigenvalue weighted by molar-refractivity contribution is 7.16. The molecule has 0 bridgehead atoms. The number of fused-ring (bicyclic) bond motifs is 1. The number of para-hydroxylation sites is 1. The molecular weight excluding hydrogens is 276 g/mol. The Hall–Kier alpha value is -2.60. The van der Waals surface area contributed by atoms with Gasteiger partial charge in [0, 0.05) is 17.7 Å². The van der Waals surface area contributed by atoms with Gasteiger partial charge in [-0.05, 0) is 12.1 Å². The Morgan fingerprint density at radius 1 is 1.10 bits per heavy atom. The van der Waals surface area contributed by atoms with Crippen LogP contribution in [-0.4, -0.2) is 9.91 Å². The molecule has 6 heteroatoms. The number of rotatable bonds is 2. The molecule has 98 valence electrons. The Balaban J connectivity index is 2.24. The quantitative estimate of drug-likeness (QED) is 0.535. The van der Waals surface area contributed by atoms with Gasteiger partial charge in [0.2, 0.25) is 0 Å². The Morgan fingerprint density at radius 2 is 1.90 bits per heavy atom. The van der Waals surface area contributed by atoms with Crippen molar-refractivity contribution in [2.24, 2.45) is 0 Å². The van der Waals surface area contributed by atoms with E-state index in [1.807, 2.05) is 24.3 Å². The molecule has 3 aromatic rings. The lowest BCUT2D eigenvalue weighted by atomic mass is 10.1. The van der Waals surface area contributed by atoms with Gasteiger partial charge in [0.05, 0.1) is 15.1 Å². The van der Waals surface area contributed by atoms with E-state index in [2.05, 4.69) is 4.98 Å². The number of aromatic nitrogens is 1. The zero-order chi connectivity index (χ0) is 14.1. The maximum atomic E-state index is 12.1. The summed E-state index contributed by atoms with van der Waals surface area (Å²) < 4.78 is 0.593. The van der Waals surface area contributed by atoms with Crippen molar-refractivity contribution >= 4 is 27.2 Å². The molecule has 0 N–H and O–H groups in total. The minimum absolute atomic E-state index is 0.0538. The lowest BCUT2D eigenvalue weighted by molar-refractivity contribution is -0.384. The van der Waals surface area contributed by atoms with Crippen LogP contribution in [0.1, 0.15) is 0 Å². The van der Waals surface area contributed by atoms with Crippen LogP contribution in [-0.2, 0) is 0 Å². The molecule has 0 unspecified atom stereocenters. The molecule has 2 aromatic carbocycles. The van der Waals surface area contributed by atoms with E-state index >= 15 is 0 Å². The van der Waals surface area contributed by atoms with Crippen LogP contribution in [0.3, 0.4) is 0 Å². The van der Waals surface area contributed by atoms with Gasteiger partial charge in [-0.2, -0.15) is 0 Å². The summed E-state index contributed by atoms with van der Waals surface area (Å²) >= 11 is 1.09. The van der Waals surface area contributed by atoms with Gasteiger partial charge in [-0.15, -0.1) is 0 Å². The fourth-order valence-electron chi connectivity index (χ4n) is 1.90. The van der Waals surface area contributed by atoms with Gasteiger partial charge in [0.1, 0.15) is 5.69 Å². The molecular formula is C14H8N2O3S. The predicted octanol–water partition coefficient (Wildman–Crippen LogP) is 3.23. The van der Waals surface area contributed by atoms with Gasteiger partial charge in [0.25, 0.3) is 10.4 Å². The molecule has 0 fully saturated rings. The standard InChI is InChI=1S/C14H8N2O3S/c17-14-13(9-4-3-5-10(8-9)16(18)19)15-11-6-1-2-7-12(11)20-14/h1-8H. The van der Waals surface area contributed by atoms with Crippen molar-refractivity contribution in [1.29, 1.82) is 0 Å². The minimum Gasteiger partial charge on any atom is -0.275 e. The molecule has 0 aliphatic carbocycles. The summed E-state index contributed by atoms with van der Waals surface area (Å²) in [5.41, 5.74) is 1.36. The highest BCUT2D eigenvalue weighted by Gasteiger charge is 2.12. The molecule has 0 saturated carbocycles. The zero-order valence-corrected chi connectivity index (χ0v) is 11.0. The van der Waals surface area contributed by atoms with E-state index in [0.29, 0.717) is 11.1 Å².